The molecule has 1 aromatic heterocycles. The van der Waals surface area contributed by atoms with Crippen molar-refractivity contribution in [3.05, 3.63) is 23.0 Å². The van der Waals surface area contributed by atoms with Crippen LogP contribution in [-0.2, 0) is 0 Å². The molecule has 0 aromatic carbocycles. The van der Waals surface area contributed by atoms with Crippen molar-refractivity contribution >= 4 is 5.97 Å². The molecule has 0 amide bonds. The third kappa shape index (κ3) is 4.70. The molecular formula is C17H26N2O3. The Morgan fingerprint density at radius 2 is 1.77 bits per heavy atom. The number of aromatic nitrogens is 1. The molecule has 2 saturated carbocycles. The lowest BCUT2D eigenvalue weighted by Crippen LogP contribution is -2.26. The van der Waals surface area contributed by atoms with Crippen LogP contribution in [0.4, 0.5) is 0 Å². The number of hydrogen-bond acceptors (Lipinski definition) is 4. The molecule has 0 atom stereocenters. The molecule has 22 heavy (non-hydrogen) atoms. The van der Waals surface area contributed by atoms with Crippen LogP contribution in [0.1, 0.15) is 80.0 Å². The molecule has 1 heterocycles. The number of methoxy groups -OCH3 is 1. The number of carboxylic acid groups (broad SMARTS) is 1. The highest BCUT2D eigenvalue weighted by Gasteiger charge is 2.35. The van der Waals surface area contributed by atoms with Crippen molar-refractivity contribution < 1.29 is 14.6 Å². The molecule has 3 N–H and O–H groups in total. The predicted octanol–water partition coefficient (Wildman–Crippen LogP) is 3.29. The van der Waals surface area contributed by atoms with Gasteiger partial charge < -0.3 is 15.6 Å². The molecule has 0 aliphatic heterocycles. The van der Waals surface area contributed by atoms with E-state index in [9.17, 15) is 4.79 Å². The van der Waals surface area contributed by atoms with Crippen LogP contribution in [-0.4, -0.2) is 28.7 Å². The summed E-state index contributed by atoms with van der Waals surface area (Å²) < 4.78 is 5.14. The number of ether oxygens (including phenoxy) is 1. The second-order valence-electron chi connectivity index (χ2n) is 7.23. The van der Waals surface area contributed by atoms with Crippen LogP contribution < -0.4 is 10.5 Å². The fourth-order valence-corrected chi connectivity index (χ4v) is 2.24. The van der Waals surface area contributed by atoms with E-state index in [1.807, 2.05) is 26.8 Å². The summed E-state index contributed by atoms with van der Waals surface area (Å²) in [6.07, 6.45) is 4.66. The van der Waals surface area contributed by atoms with Crippen molar-refractivity contribution in [1.29, 1.82) is 0 Å². The number of hydrogen-bond donors (Lipinski definition) is 2. The van der Waals surface area contributed by atoms with Crippen LogP contribution in [0.3, 0.4) is 0 Å². The van der Waals surface area contributed by atoms with Gasteiger partial charge in [0.2, 0.25) is 0 Å². The Balaban J connectivity index is 0.000000309. The summed E-state index contributed by atoms with van der Waals surface area (Å²) in [5, 5.41) is 9.13. The van der Waals surface area contributed by atoms with Gasteiger partial charge in [-0.3, -0.25) is 0 Å². The Bertz CT molecular complexity index is 550. The van der Waals surface area contributed by atoms with Crippen molar-refractivity contribution in [3.8, 4) is 5.75 Å². The minimum Gasteiger partial charge on any atom is -0.494 e. The largest absolute Gasteiger partial charge is 0.494 e. The van der Waals surface area contributed by atoms with E-state index >= 15 is 0 Å². The number of nitrogens with zero attached hydrogens (tertiary/aromatic N) is 1. The van der Waals surface area contributed by atoms with Gasteiger partial charge >= 0.3 is 5.97 Å². The number of aromatic carboxylic acids is 1. The summed E-state index contributed by atoms with van der Waals surface area (Å²) in [6, 6.07) is 1.89. The fourth-order valence-electron chi connectivity index (χ4n) is 2.24. The SMILES string of the molecule is CC(C)(C)N.COc1cc(C2CC2)c(C2CC2)nc1C(=O)O. The Morgan fingerprint density at radius 1 is 1.27 bits per heavy atom. The maximum Gasteiger partial charge on any atom is 0.358 e. The van der Waals surface area contributed by atoms with Crippen LogP contribution in [0, 0.1) is 0 Å². The predicted molar refractivity (Wildman–Crippen MR) is 85.6 cm³/mol. The van der Waals surface area contributed by atoms with Crippen LogP contribution in [0.2, 0.25) is 0 Å². The Hall–Kier alpha value is -1.62. The first-order valence-corrected chi connectivity index (χ1v) is 7.81. The Labute approximate surface area is 131 Å². The zero-order valence-corrected chi connectivity index (χ0v) is 13.8. The second kappa shape index (κ2) is 6.24. The first-order chi connectivity index (χ1) is 10.2. The number of carbonyl (C=O) groups is 1. The van der Waals surface area contributed by atoms with Crippen molar-refractivity contribution in [2.24, 2.45) is 5.73 Å². The quantitative estimate of drug-likeness (QED) is 0.891. The van der Waals surface area contributed by atoms with Crippen LogP contribution >= 0.6 is 0 Å². The molecule has 1 aromatic rings. The molecular weight excluding hydrogens is 280 g/mol. The fraction of sp³-hybridized carbons (Fsp3) is 0.647. The molecule has 122 valence electrons. The highest BCUT2D eigenvalue weighted by Crippen LogP contribution is 2.49. The van der Waals surface area contributed by atoms with Gasteiger partial charge in [-0.1, -0.05) is 0 Å². The van der Waals surface area contributed by atoms with Gasteiger partial charge in [0.15, 0.2) is 11.4 Å². The summed E-state index contributed by atoms with van der Waals surface area (Å²) in [5.41, 5.74) is 7.63. The smallest absolute Gasteiger partial charge is 0.358 e. The van der Waals surface area contributed by atoms with E-state index in [0.717, 1.165) is 18.5 Å². The average Bonchev–Trinajstić information content (AvgIpc) is 3.27. The van der Waals surface area contributed by atoms with Crippen molar-refractivity contribution in [3.63, 3.8) is 0 Å². The van der Waals surface area contributed by atoms with Gasteiger partial charge in [0.05, 0.1) is 7.11 Å². The van der Waals surface area contributed by atoms with Crippen molar-refractivity contribution in [2.75, 3.05) is 7.11 Å². The molecule has 0 saturated heterocycles. The normalized spacial score (nSPS) is 17.5. The minimum absolute atomic E-state index is 0. The Kier molecular flexibility index (Phi) is 4.75. The van der Waals surface area contributed by atoms with E-state index in [1.165, 1.54) is 25.5 Å². The van der Waals surface area contributed by atoms with Crippen LogP contribution in [0.25, 0.3) is 0 Å². The van der Waals surface area contributed by atoms with Crippen molar-refractivity contribution in [2.45, 2.75) is 63.8 Å². The van der Waals surface area contributed by atoms with Gasteiger partial charge in [0, 0.05) is 17.2 Å². The molecule has 2 fully saturated rings. The zero-order chi connectivity index (χ0) is 16.5. The van der Waals surface area contributed by atoms with Gasteiger partial charge in [0.25, 0.3) is 0 Å². The number of rotatable bonds is 4. The lowest BCUT2D eigenvalue weighted by atomic mass is 10.0. The molecule has 3 rings (SSSR count). The maximum atomic E-state index is 11.1. The van der Waals surface area contributed by atoms with E-state index in [0.29, 0.717) is 17.6 Å². The highest BCUT2D eigenvalue weighted by atomic mass is 16.5. The number of pyridine rings is 1. The van der Waals surface area contributed by atoms with E-state index in [2.05, 4.69) is 4.98 Å². The van der Waals surface area contributed by atoms with Crippen molar-refractivity contribution in [1.82, 2.24) is 4.98 Å². The summed E-state index contributed by atoms with van der Waals surface area (Å²) in [7, 11) is 1.50. The van der Waals surface area contributed by atoms with Gasteiger partial charge in [-0.25, -0.2) is 9.78 Å². The third-order valence-electron chi connectivity index (χ3n) is 3.45. The number of nitrogens with two attached hydrogens (primary N) is 1. The lowest BCUT2D eigenvalue weighted by molar-refractivity contribution is 0.0686. The van der Waals surface area contributed by atoms with E-state index in [4.69, 9.17) is 15.6 Å². The Morgan fingerprint density at radius 3 is 2.14 bits per heavy atom. The van der Waals surface area contributed by atoms with Crippen LogP contribution in [0.15, 0.2) is 6.07 Å². The van der Waals surface area contributed by atoms with Gasteiger partial charge in [-0.2, -0.15) is 0 Å². The topological polar surface area (TPSA) is 85.4 Å². The molecule has 2 aliphatic rings. The monoisotopic (exact) mass is 306 g/mol. The molecule has 5 heteroatoms. The van der Waals surface area contributed by atoms with E-state index in [-0.39, 0.29) is 11.2 Å². The molecule has 0 radical (unpaired) electrons. The maximum absolute atomic E-state index is 11.1. The van der Waals surface area contributed by atoms with E-state index < -0.39 is 5.97 Å². The van der Waals surface area contributed by atoms with Crippen LogP contribution in [0.5, 0.6) is 5.75 Å². The summed E-state index contributed by atoms with van der Waals surface area (Å²) in [4.78, 5) is 15.5. The number of carboxylic acids is 1. The first-order valence-electron chi connectivity index (χ1n) is 7.81. The molecule has 0 bridgehead atoms. The molecule has 0 spiro atoms. The van der Waals surface area contributed by atoms with Gasteiger partial charge in [-0.05, 0) is 64.0 Å². The molecule has 5 nitrogen and oxygen atoms in total. The molecule has 0 unspecified atom stereocenters. The lowest BCUT2D eigenvalue weighted by Gasteiger charge is -2.11. The summed E-state index contributed by atoms with van der Waals surface area (Å²) in [6.45, 7) is 5.90. The van der Waals surface area contributed by atoms with Gasteiger partial charge in [0.1, 0.15) is 0 Å². The summed E-state index contributed by atoms with van der Waals surface area (Å²) >= 11 is 0. The molecule has 2 aliphatic carbocycles. The average molecular weight is 306 g/mol. The van der Waals surface area contributed by atoms with Gasteiger partial charge in [-0.15, -0.1) is 0 Å². The third-order valence-corrected chi connectivity index (χ3v) is 3.45. The zero-order valence-electron chi connectivity index (χ0n) is 13.8. The highest BCUT2D eigenvalue weighted by molar-refractivity contribution is 5.88. The second-order valence-corrected chi connectivity index (χ2v) is 7.23. The standard InChI is InChI=1S/C13H15NO3.C4H11N/c1-17-10-6-9(7-2-3-7)11(8-4-5-8)14-12(10)13(15)16;1-4(2,3)5/h6-8H,2-5H2,1H3,(H,15,16);5H2,1-3H3. The minimum atomic E-state index is -1.01. The summed E-state index contributed by atoms with van der Waals surface area (Å²) in [5.74, 6) is 0.444. The van der Waals surface area contributed by atoms with E-state index in [1.54, 1.807) is 0 Å². The first kappa shape index (κ1) is 16.7.